The van der Waals surface area contributed by atoms with E-state index in [0.717, 1.165) is 12.1 Å². The molecule has 0 saturated carbocycles. The van der Waals surface area contributed by atoms with Gasteiger partial charge in [0, 0.05) is 0 Å². The van der Waals surface area contributed by atoms with Crippen LogP contribution in [0.4, 0.5) is 24.5 Å². The van der Waals surface area contributed by atoms with Crippen molar-refractivity contribution in [1.29, 1.82) is 0 Å². The number of hydrogen-bond acceptors (Lipinski definition) is 4. The molecule has 0 fully saturated rings. The third-order valence-electron chi connectivity index (χ3n) is 1.98. The molecule has 9 heteroatoms. The number of nitrogens with zero attached hydrogens (tertiary/aromatic N) is 2. The number of nitro benzene ring substituents is 1. The van der Waals surface area contributed by atoms with Gasteiger partial charge in [-0.2, -0.15) is 8.78 Å². The largest absolute Gasteiger partial charge is 0.480 e. The van der Waals surface area contributed by atoms with Crippen LogP contribution in [-0.2, 0) is 4.79 Å². The fraction of sp³-hybridized carbons (Fsp3) is 0.222. The van der Waals surface area contributed by atoms with E-state index in [-0.39, 0.29) is 4.90 Å². The van der Waals surface area contributed by atoms with E-state index in [2.05, 4.69) is 0 Å². The summed E-state index contributed by atoms with van der Waals surface area (Å²) in [5.74, 6) is -2.57. The highest BCUT2D eigenvalue weighted by molar-refractivity contribution is 5.76. The lowest BCUT2D eigenvalue weighted by atomic mass is 10.2. The summed E-state index contributed by atoms with van der Waals surface area (Å²) in [6.45, 7) is -4.39. The van der Waals surface area contributed by atoms with E-state index in [1.807, 2.05) is 0 Å². The zero-order valence-corrected chi connectivity index (χ0v) is 8.72. The molecule has 1 aromatic carbocycles. The average molecular weight is 264 g/mol. The first-order valence-electron chi connectivity index (χ1n) is 4.53. The molecule has 18 heavy (non-hydrogen) atoms. The Bertz CT molecular complexity index is 481. The summed E-state index contributed by atoms with van der Waals surface area (Å²) in [6, 6.07) is 1.93. The molecule has 0 aliphatic rings. The molecule has 0 aliphatic heterocycles. The fourth-order valence-corrected chi connectivity index (χ4v) is 1.29. The van der Waals surface area contributed by atoms with Gasteiger partial charge in [-0.05, 0) is 12.1 Å². The SMILES string of the molecule is O=C(O)CN(c1ccc(F)cc1[N+](=O)[O-])C(F)F. The number of hydrogen-bond donors (Lipinski definition) is 1. The molecule has 1 rings (SSSR count). The molecule has 0 spiro atoms. The van der Waals surface area contributed by atoms with Crippen LogP contribution in [0.15, 0.2) is 18.2 Å². The Morgan fingerprint density at radius 3 is 2.56 bits per heavy atom. The van der Waals surface area contributed by atoms with Gasteiger partial charge < -0.3 is 5.11 Å². The number of alkyl halides is 2. The predicted octanol–water partition coefficient (Wildman–Crippen LogP) is 1.85. The van der Waals surface area contributed by atoms with E-state index >= 15 is 0 Å². The normalized spacial score (nSPS) is 10.4. The maximum absolute atomic E-state index is 12.8. The van der Waals surface area contributed by atoms with Crippen LogP contribution in [0.3, 0.4) is 0 Å². The molecule has 0 bridgehead atoms. The Balaban J connectivity index is 3.27. The van der Waals surface area contributed by atoms with Gasteiger partial charge in [-0.25, -0.2) is 4.39 Å². The van der Waals surface area contributed by atoms with Crippen LogP contribution in [0, 0.1) is 15.9 Å². The molecule has 0 heterocycles. The van der Waals surface area contributed by atoms with Crippen LogP contribution >= 0.6 is 0 Å². The molecule has 1 aromatic rings. The number of carbonyl (C=O) groups is 1. The van der Waals surface area contributed by atoms with Gasteiger partial charge >= 0.3 is 12.5 Å². The summed E-state index contributed by atoms with van der Waals surface area (Å²) >= 11 is 0. The van der Waals surface area contributed by atoms with Gasteiger partial charge in [-0.15, -0.1) is 0 Å². The second-order valence-corrected chi connectivity index (χ2v) is 3.19. The van der Waals surface area contributed by atoms with Crippen molar-refractivity contribution in [3.63, 3.8) is 0 Å². The van der Waals surface area contributed by atoms with E-state index in [1.54, 1.807) is 0 Å². The summed E-state index contributed by atoms with van der Waals surface area (Å²) < 4.78 is 38.1. The number of halogens is 3. The maximum atomic E-state index is 12.8. The van der Waals surface area contributed by atoms with Gasteiger partial charge in [-0.1, -0.05) is 0 Å². The Morgan fingerprint density at radius 1 is 1.50 bits per heavy atom. The standard InChI is InChI=1S/C9H7F3N2O4/c10-5-1-2-6(7(3-5)14(17)18)13(9(11)12)4-8(15)16/h1-3,9H,4H2,(H,15,16). The van der Waals surface area contributed by atoms with Crippen molar-refractivity contribution >= 4 is 17.3 Å². The third kappa shape index (κ3) is 3.09. The van der Waals surface area contributed by atoms with Crippen molar-refractivity contribution in [3.8, 4) is 0 Å². The minimum Gasteiger partial charge on any atom is -0.480 e. The van der Waals surface area contributed by atoms with Gasteiger partial charge in [0.15, 0.2) is 0 Å². The Labute approximate surface area is 98.4 Å². The molecule has 6 nitrogen and oxygen atoms in total. The quantitative estimate of drug-likeness (QED) is 0.498. The van der Waals surface area contributed by atoms with Crippen molar-refractivity contribution in [2.45, 2.75) is 6.55 Å². The lowest BCUT2D eigenvalue weighted by Gasteiger charge is -2.21. The summed E-state index contributed by atoms with van der Waals surface area (Å²) in [4.78, 5) is 20.0. The van der Waals surface area contributed by atoms with Gasteiger partial charge in [0.25, 0.3) is 5.69 Å². The molecule has 0 amide bonds. The summed E-state index contributed by atoms with van der Waals surface area (Å²) in [7, 11) is 0. The first kappa shape index (κ1) is 13.7. The monoisotopic (exact) mass is 264 g/mol. The van der Waals surface area contributed by atoms with Crippen LogP contribution < -0.4 is 4.90 Å². The molecular weight excluding hydrogens is 257 g/mol. The van der Waals surface area contributed by atoms with Crippen molar-refractivity contribution in [2.75, 3.05) is 11.4 Å². The number of aliphatic carboxylic acids is 1. The Kier molecular flexibility index (Phi) is 4.08. The highest BCUT2D eigenvalue weighted by Crippen LogP contribution is 2.30. The predicted molar refractivity (Wildman–Crippen MR) is 54.0 cm³/mol. The highest BCUT2D eigenvalue weighted by atomic mass is 19.3. The first-order chi connectivity index (χ1) is 8.32. The summed E-state index contributed by atoms with van der Waals surface area (Å²) in [6.07, 6.45) is 0. The van der Waals surface area contributed by atoms with Crippen molar-refractivity contribution in [2.24, 2.45) is 0 Å². The van der Waals surface area contributed by atoms with Crippen molar-refractivity contribution in [1.82, 2.24) is 0 Å². The molecule has 1 N–H and O–H groups in total. The van der Waals surface area contributed by atoms with Crippen LogP contribution in [0.5, 0.6) is 0 Å². The minimum absolute atomic E-state index is 0.0000926. The Hall–Kier alpha value is -2.32. The zero-order chi connectivity index (χ0) is 13.9. The molecule has 0 saturated heterocycles. The van der Waals surface area contributed by atoms with Gasteiger partial charge in [-0.3, -0.25) is 19.8 Å². The molecule has 98 valence electrons. The molecular formula is C9H7F3N2O4. The smallest absolute Gasteiger partial charge is 0.323 e. The number of benzene rings is 1. The van der Waals surface area contributed by atoms with E-state index in [9.17, 15) is 28.1 Å². The fourth-order valence-electron chi connectivity index (χ4n) is 1.29. The third-order valence-corrected chi connectivity index (χ3v) is 1.98. The lowest BCUT2D eigenvalue weighted by Crippen LogP contribution is -2.34. The summed E-state index contributed by atoms with van der Waals surface area (Å²) in [5, 5.41) is 19.1. The Morgan fingerprint density at radius 2 is 2.11 bits per heavy atom. The first-order valence-corrected chi connectivity index (χ1v) is 4.53. The van der Waals surface area contributed by atoms with Gasteiger partial charge in [0.1, 0.15) is 18.0 Å². The van der Waals surface area contributed by atoms with Crippen LogP contribution in [0.25, 0.3) is 0 Å². The second kappa shape index (κ2) is 5.34. The van der Waals surface area contributed by atoms with Crippen LogP contribution in [-0.4, -0.2) is 29.1 Å². The van der Waals surface area contributed by atoms with Gasteiger partial charge in [0.2, 0.25) is 0 Å². The van der Waals surface area contributed by atoms with Crippen LogP contribution in [0.1, 0.15) is 0 Å². The maximum Gasteiger partial charge on any atom is 0.323 e. The van der Waals surface area contributed by atoms with Gasteiger partial charge in [0.05, 0.1) is 11.0 Å². The zero-order valence-electron chi connectivity index (χ0n) is 8.72. The molecule has 0 radical (unpaired) electrons. The number of carboxylic acid groups (broad SMARTS) is 1. The molecule has 0 atom stereocenters. The van der Waals surface area contributed by atoms with Crippen LogP contribution in [0.2, 0.25) is 0 Å². The van der Waals surface area contributed by atoms with E-state index in [4.69, 9.17) is 5.11 Å². The number of carboxylic acids is 1. The topological polar surface area (TPSA) is 83.7 Å². The number of nitro groups is 1. The van der Waals surface area contributed by atoms with Crippen molar-refractivity contribution in [3.05, 3.63) is 34.1 Å². The van der Waals surface area contributed by atoms with E-state index in [0.29, 0.717) is 6.07 Å². The number of rotatable bonds is 5. The minimum atomic E-state index is -3.26. The lowest BCUT2D eigenvalue weighted by molar-refractivity contribution is -0.384. The van der Waals surface area contributed by atoms with Crippen molar-refractivity contribution < 1.29 is 28.0 Å². The highest BCUT2D eigenvalue weighted by Gasteiger charge is 2.27. The van der Waals surface area contributed by atoms with E-state index in [1.165, 1.54) is 0 Å². The average Bonchev–Trinajstić information content (AvgIpc) is 2.25. The second-order valence-electron chi connectivity index (χ2n) is 3.19. The molecule has 0 aromatic heterocycles. The van der Waals surface area contributed by atoms with E-state index < -0.39 is 41.2 Å². The molecule has 0 unspecified atom stereocenters. The molecule has 0 aliphatic carbocycles. The summed E-state index contributed by atoms with van der Waals surface area (Å²) in [5.41, 5.74) is -1.57. The number of anilines is 1.